The lowest BCUT2D eigenvalue weighted by atomic mass is 10.1. The van der Waals surface area contributed by atoms with Crippen LogP contribution < -0.4 is 5.32 Å². The van der Waals surface area contributed by atoms with Crippen molar-refractivity contribution in [3.05, 3.63) is 52.1 Å². The Morgan fingerprint density at radius 1 is 1.32 bits per heavy atom. The molecule has 3 aromatic rings. The van der Waals surface area contributed by atoms with Crippen LogP contribution in [-0.4, -0.2) is 27.8 Å². The van der Waals surface area contributed by atoms with Crippen molar-refractivity contribution in [2.75, 3.05) is 6.54 Å². The lowest BCUT2D eigenvalue weighted by Crippen LogP contribution is -2.32. The Labute approximate surface area is 150 Å². The minimum absolute atomic E-state index is 0.00157. The minimum atomic E-state index is -0.393. The summed E-state index contributed by atoms with van der Waals surface area (Å²) in [6, 6.07) is 7.27. The molecule has 0 bridgehead atoms. The van der Waals surface area contributed by atoms with Gasteiger partial charge in [-0.1, -0.05) is 18.2 Å². The zero-order chi connectivity index (χ0) is 18.0. The number of rotatable bonds is 6. The highest BCUT2D eigenvalue weighted by molar-refractivity contribution is 7.09. The molecule has 1 aromatic carbocycles. The molecule has 25 heavy (non-hydrogen) atoms. The summed E-state index contributed by atoms with van der Waals surface area (Å²) in [4.78, 5) is 28.8. The molecule has 0 aliphatic heterocycles. The molecule has 0 spiro atoms. The first-order chi connectivity index (χ1) is 12.0. The van der Waals surface area contributed by atoms with Gasteiger partial charge in [0.15, 0.2) is 5.78 Å². The number of benzene rings is 1. The van der Waals surface area contributed by atoms with Crippen molar-refractivity contribution in [1.82, 2.24) is 14.9 Å². The molecule has 1 amide bonds. The predicted molar refractivity (Wildman–Crippen MR) is 100 cm³/mol. The first-order valence-electron chi connectivity index (χ1n) is 8.26. The largest absolute Gasteiger partial charge is 0.354 e. The molecule has 3 rings (SSSR count). The Kier molecular flexibility index (Phi) is 4.99. The predicted octanol–water partition coefficient (Wildman–Crippen LogP) is 3.53. The molecule has 0 fully saturated rings. The van der Waals surface area contributed by atoms with E-state index in [1.807, 2.05) is 48.1 Å². The summed E-state index contributed by atoms with van der Waals surface area (Å²) in [7, 11) is 0. The molecule has 2 heterocycles. The number of carbonyl (C=O) groups is 2. The average Bonchev–Trinajstić information content (AvgIpc) is 3.18. The summed E-state index contributed by atoms with van der Waals surface area (Å²) in [6.45, 7) is 5.91. The number of nitrogens with zero attached hydrogens (tertiary/aromatic N) is 2. The van der Waals surface area contributed by atoms with Gasteiger partial charge in [0, 0.05) is 46.7 Å². The van der Waals surface area contributed by atoms with E-state index in [2.05, 4.69) is 10.3 Å². The van der Waals surface area contributed by atoms with Crippen LogP contribution in [0.2, 0.25) is 0 Å². The van der Waals surface area contributed by atoms with E-state index in [0.717, 1.165) is 28.0 Å². The number of fused-ring (bicyclic) bond motifs is 1. The number of hydrogen-bond acceptors (Lipinski definition) is 4. The van der Waals surface area contributed by atoms with E-state index >= 15 is 0 Å². The number of ketones is 1. The van der Waals surface area contributed by atoms with Gasteiger partial charge in [-0.25, -0.2) is 4.98 Å². The normalized spacial score (nSPS) is 12.3. The summed E-state index contributed by atoms with van der Waals surface area (Å²) in [5.74, 6) is -0.0640. The summed E-state index contributed by atoms with van der Waals surface area (Å²) in [5.41, 5.74) is 2.55. The molecule has 0 saturated carbocycles. The van der Waals surface area contributed by atoms with Gasteiger partial charge in [0.25, 0.3) is 0 Å². The number of para-hydroxylation sites is 1. The lowest BCUT2D eigenvalue weighted by molar-refractivity contribution is -0.123. The van der Waals surface area contributed by atoms with Gasteiger partial charge < -0.3 is 9.88 Å². The molecule has 0 aliphatic rings. The van der Waals surface area contributed by atoms with Gasteiger partial charge in [0.05, 0.1) is 5.01 Å². The number of aromatic nitrogens is 2. The van der Waals surface area contributed by atoms with Crippen molar-refractivity contribution in [2.24, 2.45) is 0 Å². The smallest absolute Gasteiger partial charge is 0.242 e. The van der Waals surface area contributed by atoms with Gasteiger partial charge in [-0.05, 0) is 26.8 Å². The second-order valence-corrected chi connectivity index (χ2v) is 7.07. The highest BCUT2D eigenvalue weighted by Crippen LogP contribution is 2.25. The van der Waals surface area contributed by atoms with Crippen molar-refractivity contribution in [3.63, 3.8) is 0 Å². The molecular formula is C19H21N3O2S. The van der Waals surface area contributed by atoms with Crippen LogP contribution in [0.3, 0.4) is 0 Å². The van der Waals surface area contributed by atoms with Gasteiger partial charge in [0.1, 0.15) is 6.04 Å². The number of aryl methyl sites for hydroxylation is 1. The third kappa shape index (κ3) is 3.64. The molecule has 1 atom stereocenters. The Morgan fingerprint density at radius 2 is 2.08 bits per heavy atom. The first-order valence-corrected chi connectivity index (χ1v) is 9.14. The molecule has 130 valence electrons. The summed E-state index contributed by atoms with van der Waals surface area (Å²) in [6.07, 6.45) is 2.50. The van der Waals surface area contributed by atoms with Gasteiger partial charge >= 0.3 is 0 Å². The van der Waals surface area contributed by atoms with Crippen LogP contribution in [0.1, 0.15) is 40.9 Å². The molecule has 1 N–H and O–H groups in total. The van der Waals surface area contributed by atoms with Crippen molar-refractivity contribution < 1.29 is 9.59 Å². The lowest BCUT2D eigenvalue weighted by Gasteiger charge is -2.15. The average molecular weight is 355 g/mol. The quantitative estimate of drug-likeness (QED) is 0.688. The number of nitrogens with one attached hydrogen (secondary N) is 1. The zero-order valence-electron chi connectivity index (χ0n) is 14.6. The monoisotopic (exact) mass is 355 g/mol. The second-order valence-electron chi connectivity index (χ2n) is 6.12. The SMILES string of the molecule is CC(=O)c1cn([C@H](C)C(=O)NCCc2nc(C)cs2)c2ccccc12. The van der Waals surface area contributed by atoms with Crippen LogP contribution in [0.4, 0.5) is 0 Å². The van der Waals surface area contributed by atoms with Gasteiger partial charge in [-0.3, -0.25) is 9.59 Å². The maximum absolute atomic E-state index is 12.5. The number of carbonyl (C=O) groups excluding carboxylic acids is 2. The Bertz CT molecular complexity index is 926. The molecule has 0 saturated heterocycles. The topological polar surface area (TPSA) is 64.0 Å². The first kappa shape index (κ1) is 17.4. The maximum Gasteiger partial charge on any atom is 0.242 e. The second kappa shape index (κ2) is 7.19. The Morgan fingerprint density at radius 3 is 2.76 bits per heavy atom. The summed E-state index contributed by atoms with van der Waals surface area (Å²) >= 11 is 1.61. The van der Waals surface area contributed by atoms with E-state index in [9.17, 15) is 9.59 Å². The maximum atomic E-state index is 12.5. The highest BCUT2D eigenvalue weighted by Gasteiger charge is 2.19. The minimum Gasteiger partial charge on any atom is -0.354 e. The van der Waals surface area contributed by atoms with Crippen molar-refractivity contribution in [3.8, 4) is 0 Å². The van der Waals surface area contributed by atoms with Gasteiger partial charge in [-0.15, -0.1) is 11.3 Å². The van der Waals surface area contributed by atoms with Crippen LogP contribution in [0, 0.1) is 6.92 Å². The molecule has 5 nitrogen and oxygen atoms in total. The Balaban J connectivity index is 1.73. The molecule has 6 heteroatoms. The highest BCUT2D eigenvalue weighted by atomic mass is 32.1. The van der Waals surface area contributed by atoms with Crippen molar-refractivity contribution in [1.29, 1.82) is 0 Å². The fourth-order valence-electron chi connectivity index (χ4n) is 2.89. The fourth-order valence-corrected chi connectivity index (χ4v) is 3.67. The van der Waals surface area contributed by atoms with E-state index in [0.29, 0.717) is 12.1 Å². The van der Waals surface area contributed by atoms with Crippen LogP contribution in [0.25, 0.3) is 10.9 Å². The Hall–Kier alpha value is -2.47. The molecule has 0 unspecified atom stereocenters. The number of thiazole rings is 1. The van der Waals surface area contributed by atoms with Crippen LogP contribution in [-0.2, 0) is 11.2 Å². The van der Waals surface area contributed by atoms with E-state index < -0.39 is 6.04 Å². The number of Topliss-reactive ketones (excluding diaryl/α,β-unsaturated/α-hetero) is 1. The van der Waals surface area contributed by atoms with E-state index in [-0.39, 0.29) is 11.7 Å². The standard InChI is InChI=1S/C19H21N3O2S/c1-12-11-25-18(21-12)8-9-20-19(24)13(2)22-10-16(14(3)23)15-6-4-5-7-17(15)22/h4-7,10-11,13H,8-9H2,1-3H3,(H,20,24)/t13-/m1/s1. The zero-order valence-corrected chi connectivity index (χ0v) is 15.4. The van der Waals surface area contributed by atoms with E-state index in [4.69, 9.17) is 0 Å². The fraction of sp³-hybridized carbons (Fsp3) is 0.316. The van der Waals surface area contributed by atoms with Crippen LogP contribution >= 0.6 is 11.3 Å². The third-order valence-corrected chi connectivity index (χ3v) is 5.25. The molecule has 2 aromatic heterocycles. The third-order valence-electron chi connectivity index (χ3n) is 4.22. The molecule has 0 aliphatic carbocycles. The van der Waals surface area contributed by atoms with Gasteiger partial charge in [0.2, 0.25) is 5.91 Å². The number of hydrogen-bond donors (Lipinski definition) is 1. The summed E-state index contributed by atoms with van der Waals surface area (Å²) in [5, 5.41) is 6.88. The molecule has 0 radical (unpaired) electrons. The van der Waals surface area contributed by atoms with Crippen molar-refractivity contribution in [2.45, 2.75) is 33.2 Å². The van der Waals surface area contributed by atoms with Crippen LogP contribution in [0.15, 0.2) is 35.8 Å². The number of amides is 1. The van der Waals surface area contributed by atoms with Crippen molar-refractivity contribution >= 4 is 33.9 Å². The molecular weight excluding hydrogens is 334 g/mol. The van der Waals surface area contributed by atoms with Crippen LogP contribution in [0.5, 0.6) is 0 Å². The van der Waals surface area contributed by atoms with Gasteiger partial charge in [-0.2, -0.15) is 0 Å². The van der Waals surface area contributed by atoms with E-state index in [1.54, 1.807) is 24.5 Å². The summed E-state index contributed by atoms with van der Waals surface area (Å²) < 4.78 is 1.87. The van der Waals surface area contributed by atoms with E-state index in [1.165, 1.54) is 0 Å².